The number of ether oxygens (including phenoxy) is 1. The number of carbonyl (C=O) groups excluding carboxylic acids is 1. The van der Waals surface area contributed by atoms with Crippen molar-refractivity contribution in [2.75, 3.05) is 13.7 Å². The third-order valence-electron chi connectivity index (χ3n) is 4.64. The van der Waals surface area contributed by atoms with Gasteiger partial charge in [0.05, 0.1) is 25.0 Å². The van der Waals surface area contributed by atoms with Crippen LogP contribution >= 0.6 is 11.6 Å². The van der Waals surface area contributed by atoms with Crippen molar-refractivity contribution in [3.05, 3.63) is 70.9 Å². The van der Waals surface area contributed by atoms with E-state index in [1.54, 1.807) is 4.90 Å². The number of aromatic nitrogens is 2. The highest BCUT2D eigenvalue weighted by Crippen LogP contribution is 2.31. The summed E-state index contributed by atoms with van der Waals surface area (Å²) in [7, 11) is 1.40. The molecular weight excluding hydrogens is 362 g/mol. The monoisotopic (exact) mass is 379 g/mol. The summed E-state index contributed by atoms with van der Waals surface area (Å²) in [4.78, 5) is 23.3. The van der Waals surface area contributed by atoms with Gasteiger partial charge >= 0.3 is 6.09 Å². The maximum atomic E-state index is 12.0. The van der Waals surface area contributed by atoms with Crippen LogP contribution in [0.4, 0.5) is 4.79 Å². The molecule has 0 saturated carbocycles. The minimum atomic E-state index is -0.338. The van der Waals surface area contributed by atoms with Crippen molar-refractivity contribution in [3.63, 3.8) is 0 Å². The zero-order valence-corrected chi connectivity index (χ0v) is 15.6. The van der Waals surface area contributed by atoms with Crippen LogP contribution in [-0.4, -0.2) is 34.6 Å². The summed E-state index contributed by atoms with van der Waals surface area (Å²) in [5, 5.41) is 0.668. The van der Waals surface area contributed by atoms with Crippen LogP contribution in [0, 0.1) is 0 Å². The molecule has 3 aromatic rings. The average molecular weight is 380 g/mol. The van der Waals surface area contributed by atoms with Gasteiger partial charge in [-0.3, -0.25) is 0 Å². The molecule has 0 aliphatic carbocycles. The first kappa shape index (κ1) is 17.5. The molecule has 1 aromatic heterocycles. The molecule has 5 nitrogen and oxygen atoms in total. The number of hydrogen-bond acceptors (Lipinski definition) is 4. The second-order valence-corrected chi connectivity index (χ2v) is 6.77. The second-order valence-electron chi connectivity index (χ2n) is 6.34. The molecule has 0 fully saturated rings. The van der Waals surface area contributed by atoms with Gasteiger partial charge < -0.3 is 9.64 Å². The topological polar surface area (TPSA) is 55.3 Å². The molecule has 0 radical (unpaired) electrons. The molecule has 136 valence electrons. The van der Waals surface area contributed by atoms with Gasteiger partial charge in [-0.1, -0.05) is 54.1 Å². The Labute approximate surface area is 162 Å². The Bertz CT molecular complexity index is 975. The van der Waals surface area contributed by atoms with Crippen LogP contribution in [0.2, 0.25) is 5.02 Å². The lowest BCUT2D eigenvalue weighted by atomic mass is 9.99. The summed E-state index contributed by atoms with van der Waals surface area (Å²) in [6.45, 7) is 1.00. The molecule has 1 amide bonds. The minimum absolute atomic E-state index is 0.338. The van der Waals surface area contributed by atoms with Gasteiger partial charge in [0.1, 0.15) is 0 Å². The summed E-state index contributed by atoms with van der Waals surface area (Å²) in [5.41, 5.74) is 4.65. The first-order chi connectivity index (χ1) is 13.2. The molecule has 1 aliphatic heterocycles. The minimum Gasteiger partial charge on any atom is -0.453 e. The van der Waals surface area contributed by atoms with E-state index in [0.717, 1.165) is 28.1 Å². The Morgan fingerprint density at radius 1 is 1.04 bits per heavy atom. The van der Waals surface area contributed by atoms with Crippen molar-refractivity contribution in [1.29, 1.82) is 0 Å². The molecule has 0 bridgehead atoms. The molecule has 1 aliphatic rings. The lowest BCUT2D eigenvalue weighted by Crippen LogP contribution is -2.36. The van der Waals surface area contributed by atoms with Gasteiger partial charge in [0.25, 0.3) is 0 Å². The summed E-state index contributed by atoms with van der Waals surface area (Å²) in [6.07, 6.45) is 0.322. The molecule has 27 heavy (non-hydrogen) atoms. The number of rotatable bonds is 2. The molecule has 0 atom stereocenters. The number of halogens is 1. The van der Waals surface area contributed by atoms with Gasteiger partial charge in [-0.2, -0.15) is 0 Å². The number of benzene rings is 2. The number of carbonyl (C=O) groups is 1. The van der Waals surface area contributed by atoms with Crippen molar-refractivity contribution < 1.29 is 9.53 Å². The van der Waals surface area contributed by atoms with Crippen LogP contribution in [0.25, 0.3) is 22.6 Å². The Morgan fingerprint density at radius 3 is 2.48 bits per heavy atom. The van der Waals surface area contributed by atoms with Crippen LogP contribution in [-0.2, 0) is 17.7 Å². The molecule has 4 rings (SSSR count). The molecule has 6 heteroatoms. The van der Waals surface area contributed by atoms with Gasteiger partial charge in [-0.25, -0.2) is 14.8 Å². The average Bonchev–Trinajstić information content (AvgIpc) is 2.73. The SMILES string of the molecule is COC(=O)N1CCc2nc(-c3ccccc3)nc(-c3ccc(Cl)cc3)c2C1. The summed E-state index contributed by atoms with van der Waals surface area (Å²) >= 11 is 6.05. The van der Waals surface area contributed by atoms with Crippen LogP contribution in [0.3, 0.4) is 0 Å². The van der Waals surface area contributed by atoms with Crippen LogP contribution in [0.1, 0.15) is 11.3 Å². The van der Waals surface area contributed by atoms with E-state index >= 15 is 0 Å². The van der Waals surface area contributed by atoms with Gasteiger partial charge in [-0.15, -0.1) is 0 Å². The predicted octanol–water partition coefficient (Wildman–Crippen LogP) is 4.59. The highest BCUT2D eigenvalue weighted by atomic mass is 35.5. The van der Waals surface area contributed by atoms with E-state index in [1.807, 2.05) is 54.6 Å². The number of fused-ring (bicyclic) bond motifs is 1. The van der Waals surface area contributed by atoms with Gasteiger partial charge in [0, 0.05) is 34.7 Å². The third kappa shape index (κ3) is 3.51. The van der Waals surface area contributed by atoms with Crippen molar-refractivity contribution >= 4 is 17.7 Å². The molecular formula is C21H18ClN3O2. The first-order valence-electron chi connectivity index (χ1n) is 8.70. The lowest BCUT2D eigenvalue weighted by Gasteiger charge is -2.28. The van der Waals surface area contributed by atoms with Crippen molar-refractivity contribution in [2.45, 2.75) is 13.0 Å². The quantitative estimate of drug-likeness (QED) is 0.653. The van der Waals surface area contributed by atoms with Crippen LogP contribution in [0.5, 0.6) is 0 Å². The highest BCUT2D eigenvalue weighted by Gasteiger charge is 2.26. The Balaban J connectivity index is 1.86. The van der Waals surface area contributed by atoms with E-state index < -0.39 is 0 Å². The number of methoxy groups -OCH3 is 1. The fourth-order valence-corrected chi connectivity index (χ4v) is 3.39. The van der Waals surface area contributed by atoms with Crippen LogP contribution in [0.15, 0.2) is 54.6 Å². The predicted molar refractivity (Wildman–Crippen MR) is 104 cm³/mol. The molecule has 2 heterocycles. The standard InChI is InChI=1S/C21H18ClN3O2/c1-27-21(26)25-12-11-18-17(13-25)19(14-7-9-16(22)10-8-14)24-20(23-18)15-5-3-2-4-6-15/h2-10H,11-13H2,1H3. The van der Waals surface area contributed by atoms with Crippen LogP contribution < -0.4 is 0 Å². The number of hydrogen-bond donors (Lipinski definition) is 0. The zero-order chi connectivity index (χ0) is 18.8. The number of amides is 1. The zero-order valence-electron chi connectivity index (χ0n) is 14.9. The first-order valence-corrected chi connectivity index (χ1v) is 9.07. The van der Waals surface area contributed by atoms with E-state index in [0.29, 0.717) is 30.4 Å². The van der Waals surface area contributed by atoms with Crippen molar-refractivity contribution in [1.82, 2.24) is 14.9 Å². The smallest absolute Gasteiger partial charge is 0.409 e. The van der Waals surface area contributed by atoms with E-state index in [-0.39, 0.29) is 6.09 Å². The maximum Gasteiger partial charge on any atom is 0.409 e. The third-order valence-corrected chi connectivity index (χ3v) is 4.89. The molecule has 0 spiro atoms. The molecule has 2 aromatic carbocycles. The Kier molecular flexibility index (Phi) is 4.77. The largest absolute Gasteiger partial charge is 0.453 e. The second kappa shape index (κ2) is 7.37. The van der Waals surface area contributed by atoms with E-state index in [1.165, 1.54) is 7.11 Å². The summed E-state index contributed by atoms with van der Waals surface area (Å²) in [6, 6.07) is 17.5. The fourth-order valence-electron chi connectivity index (χ4n) is 3.26. The Hall–Kier alpha value is -2.92. The van der Waals surface area contributed by atoms with E-state index in [2.05, 4.69) is 0 Å². The molecule has 0 unspecified atom stereocenters. The summed E-state index contributed by atoms with van der Waals surface area (Å²) < 4.78 is 4.89. The van der Waals surface area contributed by atoms with E-state index in [4.69, 9.17) is 26.3 Å². The number of nitrogens with zero attached hydrogens (tertiary/aromatic N) is 3. The van der Waals surface area contributed by atoms with Gasteiger partial charge in [0.15, 0.2) is 5.82 Å². The fraction of sp³-hybridized carbons (Fsp3) is 0.190. The van der Waals surface area contributed by atoms with Gasteiger partial charge in [0.2, 0.25) is 0 Å². The highest BCUT2D eigenvalue weighted by molar-refractivity contribution is 6.30. The van der Waals surface area contributed by atoms with Gasteiger partial charge in [-0.05, 0) is 12.1 Å². The van der Waals surface area contributed by atoms with Crippen molar-refractivity contribution in [3.8, 4) is 22.6 Å². The maximum absolute atomic E-state index is 12.0. The van der Waals surface area contributed by atoms with Crippen molar-refractivity contribution in [2.24, 2.45) is 0 Å². The normalized spacial score (nSPS) is 13.2. The molecule has 0 saturated heterocycles. The van der Waals surface area contributed by atoms with E-state index in [9.17, 15) is 4.79 Å². The molecule has 0 N–H and O–H groups in total. The Morgan fingerprint density at radius 2 is 1.78 bits per heavy atom. The lowest BCUT2D eigenvalue weighted by molar-refractivity contribution is 0.118. The summed E-state index contributed by atoms with van der Waals surface area (Å²) in [5.74, 6) is 0.686.